The minimum absolute atomic E-state index is 0.187. The molecule has 3 atom stereocenters. The van der Waals surface area contributed by atoms with Gasteiger partial charge in [-0.1, -0.05) is 26.7 Å². The second-order valence-electron chi connectivity index (χ2n) is 6.00. The summed E-state index contributed by atoms with van der Waals surface area (Å²) in [7, 11) is 0. The highest BCUT2D eigenvalue weighted by atomic mass is 16.1. The first-order chi connectivity index (χ1) is 7.66. The molecule has 0 aromatic carbocycles. The number of carbonyl (C=O) groups excluding carboxylic acids is 1. The molecule has 0 spiro atoms. The van der Waals surface area contributed by atoms with Crippen LogP contribution in [0, 0.1) is 11.8 Å². The van der Waals surface area contributed by atoms with Crippen molar-refractivity contribution in [2.45, 2.75) is 70.9 Å². The summed E-state index contributed by atoms with van der Waals surface area (Å²) in [6.45, 7) is 4.38. The van der Waals surface area contributed by atoms with Crippen molar-refractivity contribution in [1.82, 2.24) is 5.32 Å². The Balaban J connectivity index is 1.80. The van der Waals surface area contributed by atoms with E-state index in [2.05, 4.69) is 19.2 Å². The Kier molecular flexibility index (Phi) is 4.01. The van der Waals surface area contributed by atoms with E-state index in [1.807, 2.05) is 0 Å². The molecule has 2 fully saturated rings. The van der Waals surface area contributed by atoms with Gasteiger partial charge in [0.1, 0.15) is 5.78 Å². The van der Waals surface area contributed by atoms with Crippen LogP contribution in [-0.4, -0.2) is 17.9 Å². The zero-order valence-corrected chi connectivity index (χ0v) is 10.7. The fraction of sp³-hybridized carbons (Fsp3) is 0.929. The molecule has 1 aliphatic carbocycles. The van der Waals surface area contributed by atoms with Crippen molar-refractivity contribution in [3.8, 4) is 0 Å². The molecule has 2 heteroatoms. The van der Waals surface area contributed by atoms with E-state index >= 15 is 0 Å². The van der Waals surface area contributed by atoms with Gasteiger partial charge in [-0.05, 0) is 37.5 Å². The van der Waals surface area contributed by atoms with E-state index in [1.54, 1.807) is 0 Å². The molecule has 0 aromatic rings. The summed E-state index contributed by atoms with van der Waals surface area (Å²) >= 11 is 0. The van der Waals surface area contributed by atoms with Gasteiger partial charge in [-0.25, -0.2) is 0 Å². The van der Waals surface area contributed by atoms with E-state index in [1.165, 1.54) is 25.7 Å². The number of Topliss-reactive ketones (excluding diaryl/α,β-unsaturated/α-hetero) is 1. The molecule has 2 rings (SSSR count). The van der Waals surface area contributed by atoms with E-state index in [0.717, 1.165) is 25.2 Å². The first-order valence-electron chi connectivity index (χ1n) is 6.95. The summed E-state index contributed by atoms with van der Waals surface area (Å²) in [6.07, 6.45) is 8.28. The predicted molar refractivity (Wildman–Crippen MR) is 66.4 cm³/mol. The van der Waals surface area contributed by atoms with Crippen molar-refractivity contribution in [3.05, 3.63) is 0 Å². The standard InChI is InChI=1S/C14H25NO/c1-10(2)7-8-14(16)13-9-11-5-3-4-6-12(11)15-13/h10-13,15H,3-9H2,1-2H3. The monoisotopic (exact) mass is 223 g/mol. The first-order valence-corrected chi connectivity index (χ1v) is 6.95. The molecule has 0 bridgehead atoms. The lowest BCUT2D eigenvalue weighted by atomic mass is 9.84. The van der Waals surface area contributed by atoms with Crippen LogP contribution in [0.4, 0.5) is 0 Å². The Morgan fingerprint density at radius 2 is 2.06 bits per heavy atom. The summed E-state index contributed by atoms with van der Waals surface area (Å²) < 4.78 is 0. The molecule has 1 saturated carbocycles. The molecule has 2 aliphatic rings. The molecule has 0 radical (unpaired) electrons. The predicted octanol–water partition coefficient (Wildman–Crippen LogP) is 2.91. The molecule has 92 valence electrons. The average Bonchev–Trinajstić information content (AvgIpc) is 2.69. The van der Waals surface area contributed by atoms with Crippen LogP contribution in [0.5, 0.6) is 0 Å². The first kappa shape index (κ1) is 12.1. The van der Waals surface area contributed by atoms with E-state index in [-0.39, 0.29) is 6.04 Å². The third-order valence-corrected chi connectivity index (χ3v) is 4.22. The maximum atomic E-state index is 12.0. The zero-order chi connectivity index (χ0) is 11.5. The average molecular weight is 223 g/mol. The van der Waals surface area contributed by atoms with Gasteiger partial charge in [0, 0.05) is 12.5 Å². The number of ketones is 1. The van der Waals surface area contributed by atoms with Crippen molar-refractivity contribution in [3.63, 3.8) is 0 Å². The Morgan fingerprint density at radius 3 is 2.75 bits per heavy atom. The lowest BCUT2D eigenvalue weighted by Crippen LogP contribution is -2.37. The Hall–Kier alpha value is -0.370. The molecule has 0 aromatic heterocycles. The summed E-state index contributed by atoms with van der Waals surface area (Å²) in [6, 6.07) is 0.841. The Morgan fingerprint density at radius 1 is 1.31 bits per heavy atom. The van der Waals surface area contributed by atoms with Crippen molar-refractivity contribution in [2.24, 2.45) is 11.8 Å². The molecule has 16 heavy (non-hydrogen) atoms. The van der Waals surface area contributed by atoms with Gasteiger partial charge in [-0.3, -0.25) is 4.79 Å². The maximum absolute atomic E-state index is 12.0. The van der Waals surface area contributed by atoms with Crippen molar-refractivity contribution in [2.75, 3.05) is 0 Å². The second-order valence-corrected chi connectivity index (χ2v) is 6.00. The van der Waals surface area contributed by atoms with E-state index in [9.17, 15) is 4.79 Å². The Labute approximate surface area is 99.2 Å². The Bertz CT molecular complexity index is 235. The third kappa shape index (κ3) is 2.85. The highest BCUT2D eigenvalue weighted by molar-refractivity contribution is 5.84. The highest BCUT2D eigenvalue weighted by Gasteiger charge is 2.37. The fourth-order valence-electron chi connectivity index (χ4n) is 3.17. The second kappa shape index (κ2) is 5.31. The quantitative estimate of drug-likeness (QED) is 0.794. The van der Waals surface area contributed by atoms with Crippen LogP contribution in [0.3, 0.4) is 0 Å². The number of fused-ring (bicyclic) bond motifs is 1. The summed E-state index contributed by atoms with van der Waals surface area (Å²) in [5.41, 5.74) is 0. The number of nitrogens with one attached hydrogen (secondary N) is 1. The lowest BCUT2D eigenvalue weighted by Gasteiger charge is -2.24. The van der Waals surface area contributed by atoms with Crippen LogP contribution in [0.2, 0.25) is 0 Å². The molecule has 1 heterocycles. The van der Waals surface area contributed by atoms with Gasteiger partial charge >= 0.3 is 0 Å². The third-order valence-electron chi connectivity index (χ3n) is 4.22. The molecule has 1 N–H and O–H groups in total. The normalized spacial score (nSPS) is 34.1. The molecule has 1 saturated heterocycles. The number of hydrogen-bond donors (Lipinski definition) is 1. The smallest absolute Gasteiger partial charge is 0.149 e. The van der Waals surface area contributed by atoms with Crippen LogP contribution in [0.15, 0.2) is 0 Å². The van der Waals surface area contributed by atoms with Gasteiger partial charge in [0.15, 0.2) is 0 Å². The van der Waals surface area contributed by atoms with Gasteiger partial charge in [0.2, 0.25) is 0 Å². The molecular weight excluding hydrogens is 198 g/mol. The van der Waals surface area contributed by atoms with Crippen LogP contribution in [0.1, 0.15) is 58.8 Å². The van der Waals surface area contributed by atoms with Crippen molar-refractivity contribution in [1.29, 1.82) is 0 Å². The number of rotatable bonds is 4. The highest BCUT2D eigenvalue weighted by Crippen LogP contribution is 2.33. The summed E-state index contributed by atoms with van der Waals surface area (Å²) in [5, 5.41) is 3.57. The van der Waals surface area contributed by atoms with Gasteiger partial charge in [-0.15, -0.1) is 0 Å². The van der Waals surface area contributed by atoms with Crippen molar-refractivity contribution < 1.29 is 4.79 Å². The molecule has 2 nitrogen and oxygen atoms in total. The zero-order valence-electron chi connectivity index (χ0n) is 10.7. The molecule has 1 aliphatic heterocycles. The number of carbonyl (C=O) groups is 1. The van der Waals surface area contributed by atoms with Gasteiger partial charge in [0.05, 0.1) is 6.04 Å². The van der Waals surface area contributed by atoms with E-state index in [4.69, 9.17) is 0 Å². The topological polar surface area (TPSA) is 29.1 Å². The summed E-state index contributed by atoms with van der Waals surface area (Å²) in [4.78, 5) is 12.0. The number of hydrogen-bond acceptors (Lipinski definition) is 2. The largest absolute Gasteiger partial charge is 0.304 e. The van der Waals surface area contributed by atoms with Crippen LogP contribution >= 0.6 is 0 Å². The van der Waals surface area contributed by atoms with Crippen LogP contribution in [0.25, 0.3) is 0 Å². The van der Waals surface area contributed by atoms with Crippen LogP contribution in [-0.2, 0) is 4.79 Å². The van der Waals surface area contributed by atoms with Gasteiger partial charge in [0.25, 0.3) is 0 Å². The lowest BCUT2D eigenvalue weighted by molar-refractivity contribution is -0.121. The molecule has 0 amide bonds. The van der Waals surface area contributed by atoms with Crippen LogP contribution < -0.4 is 5.32 Å². The molecular formula is C14H25NO. The summed E-state index contributed by atoms with van der Waals surface area (Å²) in [5.74, 6) is 1.90. The van der Waals surface area contributed by atoms with Crippen molar-refractivity contribution >= 4 is 5.78 Å². The molecule has 3 unspecified atom stereocenters. The van der Waals surface area contributed by atoms with E-state index < -0.39 is 0 Å². The minimum atomic E-state index is 0.187. The van der Waals surface area contributed by atoms with Gasteiger partial charge in [-0.2, -0.15) is 0 Å². The SMILES string of the molecule is CC(C)CCC(=O)C1CC2CCCCC2N1. The maximum Gasteiger partial charge on any atom is 0.149 e. The van der Waals surface area contributed by atoms with Gasteiger partial charge < -0.3 is 5.32 Å². The minimum Gasteiger partial charge on any atom is -0.304 e. The van der Waals surface area contributed by atoms with E-state index in [0.29, 0.717) is 17.7 Å². The fourth-order valence-corrected chi connectivity index (χ4v) is 3.17.